The molecule has 0 saturated heterocycles. The number of carboxylic acid groups (broad SMARTS) is 1. The molecule has 3 N–H and O–H groups in total. The summed E-state index contributed by atoms with van der Waals surface area (Å²) >= 11 is 5.94. The molecule has 5 nitrogen and oxygen atoms in total. The Labute approximate surface area is 210 Å². The number of allylic oxidation sites excluding steroid dienone is 3. The second-order valence-electron chi connectivity index (χ2n) is 5.68. The van der Waals surface area contributed by atoms with Gasteiger partial charge in [-0.3, -0.25) is 0 Å². The SMILES string of the molecule is N/C=C(Cl)\C=C(/CCc1cccc(F)c1)[N-]OCc1ccc(C(=O)O)cc1.[K+]. The third kappa shape index (κ3) is 8.87. The van der Waals surface area contributed by atoms with Gasteiger partial charge in [0.15, 0.2) is 0 Å². The van der Waals surface area contributed by atoms with Gasteiger partial charge < -0.3 is 21.2 Å². The van der Waals surface area contributed by atoms with Crippen LogP contribution in [0.15, 0.2) is 71.5 Å². The topological polar surface area (TPSA) is 86.7 Å². The van der Waals surface area contributed by atoms with Gasteiger partial charge in [0.1, 0.15) is 5.82 Å². The quantitative estimate of drug-likeness (QED) is 0.363. The van der Waals surface area contributed by atoms with Crippen molar-refractivity contribution in [1.29, 1.82) is 0 Å². The molecule has 0 aromatic heterocycles. The number of carbonyl (C=O) groups is 1. The number of hydrogen-bond donors (Lipinski definition) is 2. The van der Waals surface area contributed by atoms with E-state index in [1.807, 2.05) is 6.07 Å². The van der Waals surface area contributed by atoms with Gasteiger partial charge in [-0.15, -0.1) is 5.70 Å². The Kier molecular flexibility index (Phi) is 11.6. The van der Waals surface area contributed by atoms with Crippen LogP contribution < -0.4 is 57.1 Å². The molecule has 0 fully saturated rings. The number of aromatic carboxylic acids is 1. The molecule has 0 aliphatic rings. The molecule has 28 heavy (non-hydrogen) atoms. The summed E-state index contributed by atoms with van der Waals surface area (Å²) in [5, 5.41) is 9.20. The fourth-order valence-corrected chi connectivity index (χ4v) is 2.38. The van der Waals surface area contributed by atoms with Gasteiger partial charge in [-0.2, -0.15) is 0 Å². The summed E-state index contributed by atoms with van der Waals surface area (Å²) in [7, 11) is 0. The van der Waals surface area contributed by atoms with E-state index in [1.54, 1.807) is 24.3 Å². The van der Waals surface area contributed by atoms with Crippen molar-refractivity contribution >= 4 is 17.6 Å². The molecule has 8 heteroatoms. The molecule has 2 rings (SSSR count). The minimum absolute atomic E-state index is 0. The zero-order valence-electron chi connectivity index (χ0n) is 15.4. The van der Waals surface area contributed by atoms with E-state index in [9.17, 15) is 9.18 Å². The fourth-order valence-electron chi connectivity index (χ4n) is 2.25. The Hall–Kier alpha value is -1.19. The van der Waals surface area contributed by atoms with Crippen molar-refractivity contribution in [3.05, 3.63) is 99.5 Å². The van der Waals surface area contributed by atoms with Crippen molar-refractivity contribution in [3.63, 3.8) is 0 Å². The van der Waals surface area contributed by atoms with Gasteiger partial charge in [0.05, 0.1) is 17.2 Å². The molecular weight excluding hydrogens is 410 g/mol. The van der Waals surface area contributed by atoms with Gasteiger partial charge in [0, 0.05) is 6.20 Å². The van der Waals surface area contributed by atoms with E-state index < -0.39 is 5.97 Å². The van der Waals surface area contributed by atoms with Crippen molar-refractivity contribution in [2.24, 2.45) is 5.73 Å². The maximum atomic E-state index is 13.3. The van der Waals surface area contributed by atoms with Crippen LogP contribution in [0.3, 0.4) is 0 Å². The molecule has 0 spiro atoms. The first-order chi connectivity index (χ1) is 13.0. The first kappa shape index (κ1) is 24.8. The second-order valence-corrected chi connectivity index (χ2v) is 6.12. The van der Waals surface area contributed by atoms with Crippen molar-refractivity contribution < 1.29 is 70.5 Å². The summed E-state index contributed by atoms with van der Waals surface area (Å²) in [4.78, 5) is 16.2. The van der Waals surface area contributed by atoms with Gasteiger partial charge >= 0.3 is 57.4 Å². The number of benzene rings is 2. The maximum Gasteiger partial charge on any atom is 1.00 e. The largest absolute Gasteiger partial charge is 1.00 e. The normalized spacial score (nSPS) is 11.6. The Morgan fingerprint density at radius 1 is 1.21 bits per heavy atom. The van der Waals surface area contributed by atoms with Crippen molar-refractivity contribution in [1.82, 2.24) is 0 Å². The van der Waals surface area contributed by atoms with Crippen LogP contribution in [0.4, 0.5) is 4.39 Å². The van der Waals surface area contributed by atoms with Crippen LogP contribution in [0, 0.1) is 5.82 Å². The van der Waals surface area contributed by atoms with Crippen LogP contribution in [0.2, 0.25) is 0 Å². The van der Waals surface area contributed by atoms with E-state index in [0.717, 1.165) is 11.1 Å². The van der Waals surface area contributed by atoms with Gasteiger partial charge in [-0.05, 0) is 48.2 Å². The van der Waals surface area contributed by atoms with Crippen LogP contribution in [-0.2, 0) is 17.9 Å². The molecule has 0 bridgehead atoms. The number of halogens is 2. The molecule has 0 heterocycles. The molecule has 142 valence electrons. The summed E-state index contributed by atoms with van der Waals surface area (Å²) in [5.41, 5.74) is 11.8. The Morgan fingerprint density at radius 3 is 2.54 bits per heavy atom. The fraction of sp³-hybridized carbons (Fsp3) is 0.150. The van der Waals surface area contributed by atoms with Crippen LogP contribution in [0.25, 0.3) is 5.48 Å². The molecule has 0 aliphatic heterocycles. The van der Waals surface area contributed by atoms with Gasteiger partial charge in [0.25, 0.3) is 0 Å². The van der Waals surface area contributed by atoms with Crippen molar-refractivity contribution in [2.45, 2.75) is 19.4 Å². The van der Waals surface area contributed by atoms with E-state index in [1.165, 1.54) is 30.5 Å². The minimum Gasteiger partial charge on any atom is -0.565 e. The van der Waals surface area contributed by atoms with E-state index >= 15 is 0 Å². The Balaban J connectivity index is 0.00000392. The monoisotopic (exact) mass is 428 g/mol. The predicted octanol–water partition coefficient (Wildman–Crippen LogP) is 1.89. The standard InChI is InChI=1S/C20H19ClFN2O3.K/c21-17(12-23)11-19(9-6-14-2-1-3-18(22)10-14)24-27-13-15-4-7-16(8-5-15)20(25)26;/h1-5,7-8,10-12H,6,9,13,23H2,(H,25,26);/q-1;+1/b17-12+,19-11+;. The number of hydroxylamine groups is 1. The average molecular weight is 429 g/mol. The zero-order valence-corrected chi connectivity index (χ0v) is 19.3. The van der Waals surface area contributed by atoms with Gasteiger partial charge in [0.2, 0.25) is 0 Å². The first-order valence-corrected chi connectivity index (χ1v) is 8.53. The molecule has 0 radical (unpaired) electrons. The second kappa shape index (κ2) is 13.1. The van der Waals surface area contributed by atoms with E-state index in [2.05, 4.69) is 5.48 Å². The van der Waals surface area contributed by atoms with Crippen LogP contribution in [-0.4, -0.2) is 11.1 Å². The van der Waals surface area contributed by atoms with Gasteiger partial charge in [-0.25, -0.2) is 9.18 Å². The van der Waals surface area contributed by atoms with Crippen LogP contribution in [0.1, 0.15) is 27.9 Å². The summed E-state index contributed by atoms with van der Waals surface area (Å²) in [5.74, 6) is -1.28. The first-order valence-electron chi connectivity index (χ1n) is 8.15. The molecule has 0 atom stereocenters. The molecular formula is C20H19ClFKN2O3. The van der Waals surface area contributed by atoms with Gasteiger partial charge in [-0.1, -0.05) is 41.9 Å². The zero-order chi connectivity index (χ0) is 19.6. The average Bonchev–Trinajstić information content (AvgIpc) is 2.66. The summed E-state index contributed by atoms with van der Waals surface area (Å²) in [6, 6.07) is 12.6. The third-order valence-electron chi connectivity index (χ3n) is 3.64. The summed E-state index contributed by atoms with van der Waals surface area (Å²) in [6.07, 6.45) is 3.85. The summed E-state index contributed by atoms with van der Waals surface area (Å²) in [6.45, 7) is 0.168. The van der Waals surface area contributed by atoms with E-state index in [0.29, 0.717) is 23.6 Å². The van der Waals surface area contributed by atoms with Crippen LogP contribution >= 0.6 is 11.6 Å². The molecule has 2 aromatic rings. The Morgan fingerprint density at radius 2 is 1.93 bits per heavy atom. The molecule has 0 aliphatic carbocycles. The van der Waals surface area contributed by atoms with E-state index in [-0.39, 0.29) is 69.4 Å². The summed E-state index contributed by atoms with van der Waals surface area (Å²) < 4.78 is 13.3. The number of aryl methyl sites for hydroxylation is 1. The number of hydrogen-bond acceptors (Lipinski definition) is 3. The molecule has 0 saturated carbocycles. The number of nitrogens with two attached hydrogens (primary N) is 1. The maximum absolute atomic E-state index is 13.3. The number of rotatable bonds is 9. The minimum atomic E-state index is -0.988. The third-order valence-corrected chi connectivity index (χ3v) is 3.87. The van der Waals surface area contributed by atoms with Crippen molar-refractivity contribution in [2.75, 3.05) is 0 Å². The molecule has 0 unspecified atom stereocenters. The smallest absolute Gasteiger partial charge is 0.565 e. The predicted molar refractivity (Wildman–Crippen MR) is 102 cm³/mol. The van der Waals surface area contributed by atoms with Crippen LogP contribution in [0.5, 0.6) is 0 Å². The molecule has 2 aromatic carbocycles. The molecule has 0 amide bonds. The van der Waals surface area contributed by atoms with E-state index in [4.69, 9.17) is 27.3 Å². The van der Waals surface area contributed by atoms with Crippen molar-refractivity contribution in [3.8, 4) is 0 Å². The Bertz CT molecular complexity index is 842. The number of nitrogens with zero attached hydrogens (tertiary/aromatic N) is 1. The number of carboxylic acids is 1.